The molecule has 0 bridgehead atoms. The first-order chi connectivity index (χ1) is 8.82. The quantitative estimate of drug-likeness (QED) is 0.603. The molecule has 0 spiro atoms. The van der Waals surface area contributed by atoms with Gasteiger partial charge in [-0.15, -0.1) is 0 Å². The second-order valence-electron chi connectivity index (χ2n) is 5.97. The second kappa shape index (κ2) is 6.33. The van der Waals surface area contributed by atoms with Crippen molar-refractivity contribution in [1.29, 1.82) is 0 Å². The highest BCUT2D eigenvalue weighted by molar-refractivity contribution is 5.59. The Kier molecular flexibility index (Phi) is 5.29. The Morgan fingerprint density at radius 1 is 1.05 bits per heavy atom. The van der Waals surface area contributed by atoms with Crippen molar-refractivity contribution in [3.05, 3.63) is 26.0 Å². The number of hydrogen-bond donors (Lipinski definition) is 1. The Balaban J connectivity index is 2.54. The average molecular weight is 266 g/mol. The van der Waals surface area contributed by atoms with Crippen molar-refractivity contribution in [2.45, 2.75) is 46.5 Å². The van der Waals surface area contributed by atoms with Crippen LogP contribution in [0.2, 0.25) is 0 Å². The number of nitrogens with one attached hydrogen (secondary N) is 1. The Morgan fingerprint density at radius 2 is 1.63 bits per heavy atom. The molecule has 1 rings (SSSR count). The van der Waals surface area contributed by atoms with E-state index in [0.717, 1.165) is 32.6 Å². The summed E-state index contributed by atoms with van der Waals surface area (Å²) in [6.07, 6.45) is 0.976. The number of nitrogens with zero attached hydrogens (tertiary/aromatic N) is 1. The minimum Gasteiger partial charge on any atom is -0.381 e. The molecule has 0 fully saturated rings. The zero-order valence-electron chi connectivity index (χ0n) is 12.8. The predicted octanol–water partition coefficient (Wildman–Crippen LogP) is 1.72. The van der Waals surface area contributed by atoms with E-state index in [1.807, 2.05) is 20.8 Å². The first-order valence-corrected chi connectivity index (χ1v) is 7.12. The van der Waals surface area contributed by atoms with Crippen molar-refractivity contribution in [1.82, 2.24) is 4.90 Å². The van der Waals surface area contributed by atoms with Crippen LogP contribution in [0.4, 0.5) is 5.69 Å². The zero-order chi connectivity index (χ0) is 14.6. The molecular formula is C15H26N2O2. The third kappa shape index (κ3) is 3.66. The van der Waals surface area contributed by atoms with Gasteiger partial charge in [-0.05, 0) is 31.5 Å². The molecule has 0 saturated heterocycles. The van der Waals surface area contributed by atoms with Crippen LogP contribution in [0.1, 0.15) is 46.6 Å². The third-order valence-corrected chi connectivity index (χ3v) is 3.51. The molecule has 0 aromatic heterocycles. The van der Waals surface area contributed by atoms with Crippen LogP contribution >= 0.6 is 0 Å². The molecule has 0 saturated carbocycles. The highest BCUT2D eigenvalue weighted by Crippen LogP contribution is 2.25. The SMILES string of the molecule is CCN(CC)CCCNc1c(C(C)(C)C)c(=O)c1=O. The van der Waals surface area contributed by atoms with E-state index in [4.69, 9.17) is 0 Å². The first kappa shape index (κ1) is 15.9. The van der Waals surface area contributed by atoms with Gasteiger partial charge in [-0.1, -0.05) is 34.6 Å². The van der Waals surface area contributed by atoms with Gasteiger partial charge in [0.1, 0.15) is 0 Å². The summed E-state index contributed by atoms with van der Waals surface area (Å²) >= 11 is 0. The molecule has 4 nitrogen and oxygen atoms in total. The summed E-state index contributed by atoms with van der Waals surface area (Å²) in [5, 5.41) is 3.14. The van der Waals surface area contributed by atoms with Crippen molar-refractivity contribution in [3.8, 4) is 0 Å². The maximum Gasteiger partial charge on any atom is 0.249 e. The van der Waals surface area contributed by atoms with E-state index >= 15 is 0 Å². The topological polar surface area (TPSA) is 49.4 Å². The van der Waals surface area contributed by atoms with Gasteiger partial charge in [0.05, 0.1) is 5.69 Å². The highest BCUT2D eigenvalue weighted by atomic mass is 16.2. The van der Waals surface area contributed by atoms with Gasteiger partial charge in [0.15, 0.2) is 0 Å². The molecule has 0 aliphatic rings. The third-order valence-electron chi connectivity index (χ3n) is 3.51. The molecule has 0 aliphatic heterocycles. The minimum atomic E-state index is -0.354. The highest BCUT2D eigenvalue weighted by Gasteiger charge is 2.29. The fourth-order valence-electron chi connectivity index (χ4n) is 2.33. The lowest BCUT2D eigenvalue weighted by Gasteiger charge is -2.24. The Labute approximate surface area is 115 Å². The molecular weight excluding hydrogens is 240 g/mol. The molecule has 19 heavy (non-hydrogen) atoms. The van der Waals surface area contributed by atoms with E-state index in [1.54, 1.807) is 0 Å². The molecule has 108 valence electrons. The predicted molar refractivity (Wildman–Crippen MR) is 80.9 cm³/mol. The molecule has 0 atom stereocenters. The van der Waals surface area contributed by atoms with Gasteiger partial charge in [0, 0.05) is 12.1 Å². The van der Waals surface area contributed by atoms with Crippen LogP contribution in [0.3, 0.4) is 0 Å². The summed E-state index contributed by atoms with van der Waals surface area (Å²) in [4.78, 5) is 25.5. The Hall–Kier alpha value is -1.16. The van der Waals surface area contributed by atoms with E-state index in [0.29, 0.717) is 11.3 Å². The number of rotatable bonds is 7. The normalized spacial score (nSPS) is 12.3. The summed E-state index contributed by atoms with van der Waals surface area (Å²) in [7, 11) is 0. The number of anilines is 1. The van der Waals surface area contributed by atoms with Gasteiger partial charge in [-0.3, -0.25) is 9.59 Å². The minimum absolute atomic E-state index is 0.258. The molecule has 0 heterocycles. The molecule has 0 unspecified atom stereocenters. The van der Waals surface area contributed by atoms with Crippen LogP contribution in [0.25, 0.3) is 0 Å². The van der Waals surface area contributed by atoms with Crippen molar-refractivity contribution >= 4 is 5.69 Å². The molecule has 1 N–H and O–H groups in total. The molecule has 0 amide bonds. The maximum atomic E-state index is 11.6. The first-order valence-electron chi connectivity index (χ1n) is 7.12. The monoisotopic (exact) mass is 266 g/mol. The van der Waals surface area contributed by atoms with Crippen LogP contribution in [0.5, 0.6) is 0 Å². The van der Waals surface area contributed by atoms with Crippen LogP contribution in [-0.2, 0) is 5.41 Å². The lowest BCUT2D eigenvalue weighted by molar-refractivity contribution is 0.303. The summed E-state index contributed by atoms with van der Waals surface area (Å²) in [6.45, 7) is 14.0. The van der Waals surface area contributed by atoms with Gasteiger partial charge in [0.25, 0.3) is 0 Å². The van der Waals surface area contributed by atoms with Crippen molar-refractivity contribution in [3.63, 3.8) is 0 Å². The Bertz CT molecular complexity index is 475. The van der Waals surface area contributed by atoms with Gasteiger partial charge < -0.3 is 10.2 Å². The van der Waals surface area contributed by atoms with Crippen LogP contribution in [0.15, 0.2) is 9.59 Å². The average Bonchev–Trinajstić information content (AvgIpc) is 2.35. The van der Waals surface area contributed by atoms with Crippen LogP contribution in [-0.4, -0.2) is 31.1 Å². The fourth-order valence-corrected chi connectivity index (χ4v) is 2.33. The van der Waals surface area contributed by atoms with Gasteiger partial charge in [-0.25, -0.2) is 0 Å². The van der Waals surface area contributed by atoms with Gasteiger partial charge >= 0.3 is 0 Å². The number of hydrogen-bond acceptors (Lipinski definition) is 4. The largest absolute Gasteiger partial charge is 0.381 e. The molecule has 4 heteroatoms. The Morgan fingerprint density at radius 3 is 2.11 bits per heavy atom. The summed E-state index contributed by atoms with van der Waals surface area (Å²) in [6, 6.07) is 0. The second-order valence-corrected chi connectivity index (χ2v) is 5.97. The molecule has 1 aromatic rings. The fraction of sp³-hybridized carbons (Fsp3) is 0.733. The maximum absolute atomic E-state index is 11.6. The van der Waals surface area contributed by atoms with Crippen molar-refractivity contribution in [2.24, 2.45) is 0 Å². The van der Waals surface area contributed by atoms with E-state index in [1.165, 1.54) is 0 Å². The van der Waals surface area contributed by atoms with Crippen LogP contribution in [0, 0.1) is 0 Å². The van der Waals surface area contributed by atoms with Gasteiger partial charge in [0.2, 0.25) is 10.9 Å². The summed E-state index contributed by atoms with van der Waals surface area (Å²) in [5.74, 6) is 0. The molecule has 0 radical (unpaired) electrons. The lowest BCUT2D eigenvalue weighted by Crippen LogP contribution is -2.43. The lowest BCUT2D eigenvalue weighted by atomic mass is 9.82. The summed E-state index contributed by atoms with van der Waals surface area (Å²) in [5.41, 5.74) is 0.260. The van der Waals surface area contributed by atoms with E-state index in [9.17, 15) is 9.59 Å². The summed E-state index contributed by atoms with van der Waals surface area (Å²) < 4.78 is 0. The molecule has 1 aromatic carbocycles. The van der Waals surface area contributed by atoms with Crippen LogP contribution < -0.4 is 16.2 Å². The van der Waals surface area contributed by atoms with E-state index in [2.05, 4.69) is 24.1 Å². The van der Waals surface area contributed by atoms with Crippen molar-refractivity contribution in [2.75, 3.05) is 31.5 Å². The van der Waals surface area contributed by atoms with Gasteiger partial charge in [-0.2, -0.15) is 0 Å². The van der Waals surface area contributed by atoms with Crippen molar-refractivity contribution < 1.29 is 0 Å². The molecule has 0 aliphatic carbocycles. The zero-order valence-corrected chi connectivity index (χ0v) is 12.8. The van der Waals surface area contributed by atoms with E-state index < -0.39 is 0 Å². The van der Waals surface area contributed by atoms with E-state index in [-0.39, 0.29) is 16.3 Å². The standard InChI is InChI=1S/C15H26N2O2/c1-6-17(7-2)10-8-9-16-12-11(15(3,4)5)13(18)14(12)19/h16H,6-10H2,1-5H3. The smallest absolute Gasteiger partial charge is 0.249 e.